The van der Waals surface area contributed by atoms with Crippen LogP contribution >= 0.6 is 11.5 Å². The van der Waals surface area contributed by atoms with Crippen molar-refractivity contribution in [1.29, 1.82) is 0 Å². The number of alkyl carbamates (subject to hydrolysis) is 1. The first-order valence-electron chi connectivity index (χ1n) is 11.4. The predicted octanol–water partition coefficient (Wildman–Crippen LogP) is 5.04. The van der Waals surface area contributed by atoms with Crippen LogP contribution in [0.25, 0.3) is 11.1 Å². The molecule has 8 nitrogen and oxygen atoms in total. The fourth-order valence-corrected chi connectivity index (χ4v) is 5.18. The van der Waals surface area contributed by atoms with Crippen LogP contribution in [0.15, 0.2) is 48.5 Å². The number of carboxylic acid groups (broad SMARTS) is 1. The molecule has 0 bridgehead atoms. The van der Waals surface area contributed by atoms with E-state index in [4.69, 9.17) is 4.74 Å². The quantitative estimate of drug-likeness (QED) is 0.405. The van der Waals surface area contributed by atoms with Gasteiger partial charge in [0, 0.05) is 5.92 Å². The maximum atomic E-state index is 13.0. The summed E-state index contributed by atoms with van der Waals surface area (Å²) in [6, 6.07) is 15.2. The number of hydrogen-bond acceptors (Lipinski definition) is 6. The molecule has 0 spiro atoms. The van der Waals surface area contributed by atoms with Gasteiger partial charge >= 0.3 is 12.1 Å². The zero-order chi connectivity index (χ0) is 25.1. The smallest absolute Gasteiger partial charge is 0.407 e. The van der Waals surface area contributed by atoms with Crippen molar-refractivity contribution >= 4 is 34.5 Å². The topological polar surface area (TPSA) is 118 Å². The predicted molar refractivity (Wildman–Crippen MR) is 134 cm³/mol. The highest BCUT2D eigenvalue weighted by Crippen LogP contribution is 2.44. The Morgan fingerprint density at radius 2 is 1.66 bits per heavy atom. The third-order valence-corrected chi connectivity index (χ3v) is 6.83. The van der Waals surface area contributed by atoms with Crippen LogP contribution in [0, 0.1) is 12.8 Å². The zero-order valence-electron chi connectivity index (χ0n) is 19.7. The summed E-state index contributed by atoms with van der Waals surface area (Å²) in [5.41, 5.74) is 4.72. The van der Waals surface area contributed by atoms with Crippen molar-refractivity contribution in [2.24, 2.45) is 5.92 Å². The maximum absolute atomic E-state index is 13.0. The van der Waals surface area contributed by atoms with Crippen LogP contribution < -0.4 is 10.6 Å². The van der Waals surface area contributed by atoms with Crippen molar-refractivity contribution < 1.29 is 24.2 Å². The van der Waals surface area contributed by atoms with Crippen molar-refractivity contribution in [1.82, 2.24) is 9.69 Å². The average molecular weight is 494 g/mol. The molecule has 0 aliphatic heterocycles. The van der Waals surface area contributed by atoms with Crippen molar-refractivity contribution in [3.8, 4) is 11.1 Å². The highest BCUT2D eigenvalue weighted by atomic mass is 32.1. The molecule has 3 N–H and O–H groups in total. The van der Waals surface area contributed by atoms with Gasteiger partial charge < -0.3 is 20.5 Å². The molecule has 1 unspecified atom stereocenters. The van der Waals surface area contributed by atoms with E-state index in [1.807, 2.05) is 50.2 Å². The van der Waals surface area contributed by atoms with Gasteiger partial charge in [0.15, 0.2) is 0 Å². The van der Waals surface area contributed by atoms with Crippen molar-refractivity contribution in [2.75, 3.05) is 11.9 Å². The Bertz CT molecular complexity index is 1220. The number of fused-ring (bicyclic) bond motifs is 3. The molecule has 0 saturated heterocycles. The molecule has 1 aliphatic carbocycles. The molecule has 1 aromatic heterocycles. The molecule has 2 aromatic carbocycles. The van der Waals surface area contributed by atoms with Gasteiger partial charge in [-0.2, -0.15) is 4.37 Å². The van der Waals surface area contributed by atoms with Crippen LogP contribution in [-0.2, 0) is 9.53 Å². The molecule has 9 heteroatoms. The monoisotopic (exact) mass is 493 g/mol. The Kier molecular flexibility index (Phi) is 7.16. The number of rotatable bonds is 8. The summed E-state index contributed by atoms with van der Waals surface area (Å²) in [7, 11) is 0. The Labute approximate surface area is 207 Å². The summed E-state index contributed by atoms with van der Waals surface area (Å²) in [6.07, 6.45) is -0.345. The minimum atomic E-state index is -1.17. The van der Waals surface area contributed by atoms with E-state index in [1.165, 1.54) is 0 Å². The number of carbonyl (C=O) groups is 3. The number of nitrogens with zero attached hydrogens (tertiary/aromatic N) is 1. The molecule has 1 heterocycles. The van der Waals surface area contributed by atoms with Crippen LogP contribution in [0.4, 0.5) is 9.80 Å². The summed E-state index contributed by atoms with van der Waals surface area (Å²) in [4.78, 5) is 37.2. The van der Waals surface area contributed by atoms with Gasteiger partial charge in [0.1, 0.15) is 23.2 Å². The normalized spacial score (nSPS) is 13.1. The minimum absolute atomic E-state index is 0.0483. The maximum Gasteiger partial charge on any atom is 0.407 e. The van der Waals surface area contributed by atoms with E-state index in [2.05, 4.69) is 27.1 Å². The lowest BCUT2D eigenvalue weighted by Gasteiger charge is -2.21. The molecule has 1 atom stereocenters. The van der Waals surface area contributed by atoms with Gasteiger partial charge in [-0.05, 0) is 53.0 Å². The molecule has 0 fully saturated rings. The van der Waals surface area contributed by atoms with Gasteiger partial charge in [-0.25, -0.2) is 9.59 Å². The molecular formula is C26H27N3O5S. The van der Waals surface area contributed by atoms with Gasteiger partial charge in [-0.3, -0.25) is 4.79 Å². The first-order valence-corrected chi connectivity index (χ1v) is 12.2. The van der Waals surface area contributed by atoms with E-state index in [0.29, 0.717) is 12.1 Å². The molecule has 4 rings (SSSR count). The molecule has 0 saturated carbocycles. The number of anilines is 1. The van der Waals surface area contributed by atoms with Crippen molar-refractivity contribution in [3.05, 3.63) is 70.9 Å². The first-order chi connectivity index (χ1) is 16.8. The van der Waals surface area contributed by atoms with E-state index >= 15 is 0 Å². The largest absolute Gasteiger partial charge is 0.478 e. The summed E-state index contributed by atoms with van der Waals surface area (Å²) >= 11 is 0.895. The van der Waals surface area contributed by atoms with Gasteiger partial charge in [0.05, 0.1) is 5.69 Å². The van der Waals surface area contributed by atoms with Gasteiger partial charge in [0.2, 0.25) is 5.91 Å². The van der Waals surface area contributed by atoms with Crippen LogP contribution in [-0.4, -0.2) is 40.1 Å². The zero-order valence-corrected chi connectivity index (χ0v) is 20.5. The average Bonchev–Trinajstić information content (AvgIpc) is 3.34. The molecular weight excluding hydrogens is 466 g/mol. The fourth-order valence-electron chi connectivity index (χ4n) is 4.39. The Hall–Kier alpha value is -3.72. The number of aromatic carboxylic acids is 1. The number of carboxylic acids is 1. The van der Waals surface area contributed by atoms with Gasteiger partial charge in [0.25, 0.3) is 0 Å². The lowest BCUT2D eigenvalue weighted by atomic mass is 9.98. The number of carbonyl (C=O) groups excluding carboxylic acids is 2. The van der Waals surface area contributed by atoms with E-state index in [-0.39, 0.29) is 29.0 Å². The number of benzene rings is 2. The molecule has 35 heavy (non-hydrogen) atoms. The number of hydrogen-bond donors (Lipinski definition) is 3. The lowest BCUT2D eigenvalue weighted by molar-refractivity contribution is -0.118. The number of nitrogens with one attached hydrogen (secondary N) is 2. The minimum Gasteiger partial charge on any atom is -0.478 e. The van der Waals surface area contributed by atoms with Crippen LogP contribution in [0.3, 0.4) is 0 Å². The highest BCUT2D eigenvalue weighted by Gasteiger charge is 2.30. The third kappa shape index (κ3) is 5.19. The van der Waals surface area contributed by atoms with Gasteiger partial charge in [-0.15, -0.1) is 0 Å². The Morgan fingerprint density at radius 1 is 1.06 bits per heavy atom. The number of ether oxygens (including phenoxy) is 1. The Balaban J connectivity index is 1.44. The second kappa shape index (κ2) is 10.3. The SMILES string of the molecule is Cc1nsc(NC(=O)C(CC(C)C)NC(=O)OCC2c3ccccc3-c3ccccc32)c1C(=O)O. The third-order valence-electron chi connectivity index (χ3n) is 5.97. The van der Waals surface area contributed by atoms with E-state index < -0.39 is 24.0 Å². The Morgan fingerprint density at radius 3 is 2.23 bits per heavy atom. The van der Waals surface area contributed by atoms with Crippen LogP contribution in [0.1, 0.15) is 53.4 Å². The number of amides is 2. The van der Waals surface area contributed by atoms with Crippen molar-refractivity contribution in [3.63, 3.8) is 0 Å². The van der Waals surface area contributed by atoms with E-state index in [0.717, 1.165) is 33.8 Å². The molecule has 0 radical (unpaired) electrons. The number of aromatic nitrogens is 1. The van der Waals surface area contributed by atoms with Crippen molar-refractivity contribution in [2.45, 2.75) is 39.2 Å². The van der Waals surface area contributed by atoms with Crippen LogP contribution in [0.5, 0.6) is 0 Å². The summed E-state index contributed by atoms with van der Waals surface area (Å²) in [5.74, 6) is -1.68. The number of aryl methyl sites for hydroxylation is 1. The molecule has 182 valence electrons. The molecule has 3 aromatic rings. The van der Waals surface area contributed by atoms with E-state index in [9.17, 15) is 19.5 Å². The summed E-state index contributed by atoms with van der Waals surface area (Å²) in [5, 5.41) is 14.8. The molecule has 1 aliphatic rings. The standard InChI is InChI=1S/C26H27N3O5S/c1-14(2)12-21(23(30)28-24-22(25(31)32)15(3)29-35-24)27-26(33)34-13-20-18-10-6-4-8-16(18)17-9-5-7-11-19(17)20/h4-11,14,20-21H,12-13H2,1-3H3,(H,27,33)(H,28,30)(H,31,32). The lowest BCUT2D eigenvalue weighted by Crippen LogP contribution is -2.45. The summed E-state index contributed by atoms with van der Waals surface area (Å²) in [6.45, 7) is 5.56. The van der Waals surface area contributed by atoms with E-state index in [1.54, 1.807) is 6.92 Å². The second-order valence-corrected chi connectivity index (χ2v) is 9.69. The first kappa shape index (κ1) is 24.4. The van der Waals surface area contributed by atoms with Gasteiger partial charge in [-0.1, -0.05) is 62.4 Å². The molecule has 2 amide bonds. The highest BCUT2D eigenvalue weighted by molar-refractivity contribution is 7.11. The summed E-state index contributed by atoms with van der Waals surface area (Å²) < 4.78 is 9.60. The fraction of sp³-hybridized carbons (Fsp3) is 0.308. The van der Waals surface area contributed by atoms with Crippen LogP contribution in [0.2, 0.25) is 0 Å². The second-order valence-electron chi connectivity index (χ2n) is 8.92.